The molecule has 0 aromatic heterocycles. The van der Waals surface area contributed by atoms with Crippen molar-refractivity contribution in [3.63, 3.8) is 0 Å². The molecule has 0 radical (unpaired) electrons. The fraction of sp³-hybridized carbons (Fsp3) is 0.769. The molecule has 0 spiro atoms. The summed E-state index contributed by atoms with van der Waals surface area (Å²) in [6.07, 6.45) is 0.826. The first-order chi connectivity index (χ1) is 9.15. The lowest BCUT2D eigenvalue weighted by Gasteiger charge is -2.24. The molecule has 1 N–H and O–H groups in total. The summed E-state index contributed by atoms with van der Waals surface area (Å²) in [6, 6.07) is 0. The SMILES string of the molecule is CN(C=O)CC(=O)NCCCN(C)C(=O)OC(C)(C)C. The number of nitrogens with one attached hydrogen (secondary N) is 1. The third kappa shape index (κ3) is 9.18. The van der Waals surface area contributed by atoms with Gasteiger partial charge in [-0.05, 0) is 27.2 Å². The van der Waals surface area contributed by atoms with Crippen molar-refractivity contribution in [1.82, 2.24) is 15.1 Å². The van der Waals surface area contributed by atoms with E-state index in [0.29, 0.717) is 25.9 Å². The van der Waals surface area contributed by atoms with Crippen molar-refractivity contribution in [2.75, 3.05) is 33.7 Å². The third-order valence-corrected chi connectivity index (χ3v) is 2.27. The van der Waals surface area contributed by atoms with E-state index in [1.165, 1.54) is 16.8 Å². The van der Waals surface area contributed by atoms with E-state index in [4.69, 9.17) is 4.74 Å². The first-order valence-electron chi connectivity index (χ1n) is 6.52. The molecule has 3 amide bonds. The summed E-state index contributed by atoms with van der Waals surface area (Å²) in [5.74, 6) is -0.223. The molecule has 0 aromatic carbocycles. The zero-order chi connectivity index (χ0) is 15.8. The van der Waals surface area contributed by atoms with Crippen molar-refractivity contribution in [2.45, 2.75) is 32.8 Å². The van der Waals surface area contributed by atoms with Gasteiger partial charge < -0.3 is 19.9 Å². The third-order valence-electron chi connectivity index (χ3n) is 2.27. The Morgan fingerprint density at radius 2 is 1.85 bits per heavy atom. The maximum absolute atomic E-state index is 11.6. The van der Waals surface area contributed by atoms with Crippen molar-refractivity contribution < 1.29 is 19.1 Å². The Morgan fingerprint density at radius 1 is 1.25 bits per heavy atom. The molecule has 0 aliphatic carbocycles. The van der Waals surface area contributed by atoms with Gasteiger partial charge in [0, 0.05) is 27.2 Å². The summed E-state index contributed by atoms with van der Waals surface area (Å²) in [4.78, 5) is 36.1. The summed E-state index contributed by atoms with van der Waals surface area (Å²) in [7, 11) is 3.18. The maximum atomic E-state index is 11.6. The van der Waals surface area contributed by atoms with Gasteiger partial charge in [0.1, 0.15) is 5.60 Å². The van der Waals surface area contributed by atoms with Crippen molar-refractivity contribution in [3.8, 4) is 0 Å². The topological polar surface area (TPSA) is 79.0 Å². The van der Waals surface area contributed by atoms with Gasteiger partial charge in [0.05, 0.1) is 6.54 Å². The second kappa shape index (κ2) is 8.39. The molecule has 20 heavy (non-hydrogen) atoms. The fourth-order valence-corrected chi connectivity index (χ4v) is 1.29. The van der Waals surface area contributed by atoms with E-state index in [0.717, 1.165) is 0 Å². The minimum absolute atomic E-state index is 0.0331. The van der Waals surface area contributed by atoms with Crippen LogP contribution in [0.4, 0.5) is 4.79 Å². The van der Waals surface area contributed by atoms with E-state index < -0.39 is 5.60 Å². The summed E-state index contributed by atoms with van der Waals surface area (Å²) in [5.41, 5.74) is -0.515. The Labute approximate surface area is 120 Å². The number of rotatable bonds is 7. The Kier molecular flexibility index (Phi) is 7.64. The minimum atomic E-state index is -0.515. The Bertz CT molecular complexity index is 339. The van der Waals surface area contributed by atoms with Gasteiger partial charge >= 0.3 is 6.09 Å². The highest BCUT2D eigenvalue weighted by molar-refractivity contribution is 5.79. The lowest BCUT2D eigenvalue weighted by atomic mass is 10.2. The highest BCUT2D eigenvalue weighted by atomic mass is 16.6. The van der Waals surface area contributed by atoms with E-state index in [1.54, 1.807) is 7.05 Å². The van der Waals surface area contributed by atoms with Crippen LogP contribution in [0.25, 0.3) is 0 Å². The molecular formula is C13H25N3O4. The molecule has 0 saturated carbocycles. The van der Waals surface area contributed by atoms with Crippen LogP contribution in [-0.2, 0) is 14.3 Å². The zero-order valence-electron chi connectivity index (χ0n) is 12.9. The molecule has 0 unspecified atom stereocenters. The molecular weight excluding hydrogens is 262 g/mol. The molecule has 0 aromatic rings. The van der Waals surface area contributed by atoms with Crippen LogP contribution in [0, 0.1) is 0 Å². The first kappa shape index (κ1) is 18.2. The van der Waals surface area contributed by atoms with Crippen LogP contribution in [0.2, 0.25) is 0 Å². The molecule has 0 heterocycles. The quantitative estimate of drug-likeness (QED) is 0.544. The van der Waals surface area contributed by atoms with E-state index >= 15 is 0 Å². The van der Waals surface area contributed by atoms with Gasteiger partial charge in [0.15, 0.2) is 0 Å². The molecule has 0 saturated heterocycles. The lowest BCUT2D eigenvalue weighted by molar-refractivity contribution is -0.127. The summed E-state index contributed by atoms with van der Waals surface area (Å²) in [5, 5.41) is 2.67. The fourth-order valence-electron chi connectivity index (χ4n) is 1.29. The molecule has 116 valence electrons. The second-order valence-electron chi connectivity index (χ2n) is 5.63. The number of carbonyl (C=O) groups excluding carboxylic acids is 3. The van der Waals surface area contributed by atoms with Gasteiger partial charge in [0.25, 0.3) is 0 Å². The second-order valence-corrected chi connectivity index (χ2v) is 5.63. The van der Waals surface area contributed by atoms with Crippen LogP contribution in [-0.4, -0.2) is 67.5 Å². The van der Waals surface area contributed by atoms with E-state index in [-0.39, 0.29) is 18.5 Å². The first-order valence-corrected chi connectivity index (χ1v) is 6.52. The van der Waals surface area contributed by atoms with Gasteiger partial charge in [0.2, 0.25) is 12.3 Å². The largest absolute Gasteiger partial charge is 0.444 e. The summed E-state index contributed by atoms with van der Waals surface area (Å²) >= 11 is 0. The van der Waals surface area contributed by atoms with Gasteiger partial charge in [-0.15, -0.1) is 0 Å². The standard InChI is InChI=1S/C13H25N3O4/c1-13(2,3)20-12(19)16(5)8-6-7-14-11(18)9-15(4)10-17/h10H,6-9H2,1-5H3,(H,14,18). The highest BCUT2D eigenvalue weighted by Crippen LogP contribution is 2.08. The van der Waals surface area contributed by atoms with Crippen LogP contribution in [0.15, 0.2) is 0 Å². The van der Waals surface area contributed by atoms with Crippen molar-refractivity contribution in [1.29, 1.82) is 0 Å². The van der Waals surface area contributed by atoms with Crippen LogP contribution < -0.4 is 5.32 Å². The Hall–Kier alpha value is -1.79. The number of ether oxygens (including phenoxy) is 1. The molecule has 7 heteroatoms. The maximum Gasteiger partial charge on any atom is 0.410 e. The molecule has 0 aliphatic rings. The molecule has 0 fully saturated rings. The van der Waals surface area contributed by atoms with E-state index in [9.17, 15) is 14.4 Å². The zero-order valence-corrected chi connectivity index (χ0v) is 12.9. The Morgan fingerprint density at radius 3 is 2.35 bits per heavy atom. The number of hydrogen-bond donors (Lipinski definition) is 1. The van der Waals surface area contributed by atoms with Crippen molar-refractivity contribution in [2.24, 2.45) is 0 Å². The van der Waals surface area contributed by atoms with Gasteiger partial charge in [-0.25, -0.2) is 4.79 Å². The van der Waals surface area contributed by atoms with Gasteiger partial charge in [-0.3, -0.25) is 9.59 Å². The molecule has 0 atom stereocenters. The summed E-state index contributed by atoms with van der Waals surface area (Å²) < 4.78 is 5.20. The van der Waals surface area contributed by atoms with Crippen LogP contribution in [0.5, 0.6) is 0 Å². The number of nitrogens with zero attached hydrogens (tertiary/aromatic N) is 2. The minimum Gasteiger partial charge on any atom is -0.444 e. The van der Waals surface area contributed by atoms with Crippen LogP contribution >= 0.6 is 0 Å². The summed E-state index contributed by atoms with van der Waals surface area (Å²) in [6.45, 7) is 6.39. The normalized spacial score (nSPS) is 10.7. The Balaban J connectivity index is 3.81. The molecule has 0 aliphatic heterocycles. The highest BCUT2D eigenvalue weighted by Gasteiger charge is 2.19. The molecule has 0 bridgehead atoms. The van der Waals surface area contributed by atoms with Crippen molar-refractivity contribution >= 4 is 18.4 Å². The predicted octanol–water partition coefficient (Wildman–Crippen LogP) is 0.448. The average molecular weight is 287 g/mol. The molecule has 0 rings (SSSR count). The van der Waals surface area contributed by atoms with E-state index in [1.807, 2.05) is 20.8 Å². The predicted molar refractivity (Wildman–Crippen MR) is 75.2 cm³/mol. The van der Waals surface area contributed by atoms with Crippen LogP contribution in [0.1, 0.15) is 27.2 Å². The van der Waals surface area contributed by atoms with E-state index in [2.05, 4.69) is 5.32 Å². The number of amides is 3. The van der Waals surface area contributed by atoms with Crippen LogP contribution in [0.3, 0.4) is 0 Å². The van der Waals surface area contributed by atoms with Gasteiger partial charge in [-0.1, -0.05) is 0 Å². The molecule has 7 nitrogen and oxygen atoms in total. The monoisotopic (exact) mass is 287 g/mol. The van der Waals surface area contributed by atoms with Crippen molar-refractivity contribution in [3.05, 3.63) is 0 Å². The van der Waals surface area contributed by atoms with Gasteiger partial charge in [-0.2, -0.15) is 0 Å². The number of carbonyl (C=O) groups is 3. The lowest BCUT2D eigenvalue weighted by Crippen LogP contribution is -2.38. The number of hydrogen-bond acceptors (Lipinski definition) is 4. The average Bonchev–Trinajstić information content (AvgIpc) is 2.31. The smallest absolute Gasteiger partial charge is 0.410 e. The number of likely N-dealkylation sites (N-methyl/N-ethyl adjacent to an activating group) is 1.